The number of aliphatic hydroxyl groups is 1. The Labute approximate surface area is 125 Å². The highest BCUT2D eigenvalue weighted by Gasteiger charge is 2.28. The molecule has 5 nitrogen and oxygen atoms in total. The molecular weight excluding hydrogens is 268 g/mol. The van der Waals surface area contributed by atoms with Crippen molar-refractivity contribution in [1.29, 1.82) is 0 Å². The van der Waals surface area contributed by atoms with E-state index in [0.717, 1.165) is 18.4 Å². The van der Waals surface area contributed by atoms with Gasteiger partial charge in [0, 0.05) is 18.8 Å². The van der Waals surface area contributed by atoms with Crippen LogP contribution in [0.3, 0.4) is 0 Å². The third-order valence-corrected chi connectivity index (χ3v) is 3.98. The molecule has 5 heteroatoms. The van der Waals surface area contributed by atoms with Gasteiger partial charge in [0.1, 0.15) is 0 Å². The molecule has 0 aliphatic carbocycles. The number of aliphatic hydroxyl groups excluding tert-OH is 1. The minimum absolute atomic E-state index is 0.217. The molecule has 114 valence electrons. The molecule has 1 aliphatic heterocycles. The zero-order valence-corrected chi connectivity index (χ0v) is 12.5. The highest BCUT2D eigenvalue weighted by atomic mass is 16.3. The van der Waals surface area contributed by atoms with Crippen molar-refractivity contribution < 1.29 is 14.7 Å². The molecule has 0 saturated carbocycles. The highest BCUT2D eigenvalue weighted by molar-refractivity contribution is 6.39. The van der Waals surface area contributed by atoms with Crippen LogP contribution in [0.25, 0.3) is 0 Å². The number of hydrogen-bond acceptors (Lipinski definition) is 3. The minimum Gasteiger partial charge on any atom is -0.393 e. The van der Waals surface area contributed by atoms with E-state index in [2.05, 4.69) is 5.32 Å². The molecule has 21 heavy (non-hydrogen) atoms. The molecule has 2 amide bonds. The Bertz CT molecular complexity index is 520. The number of aryl methyl sites for hydroxylation is 1. The Morgan fingerprint density at radius 1 is 1.33 bits per heavy atom. The lowest BCUT2D eigenvalue weighted by Crippen LogP contribution is -2.45. The summed E-state index contributed by atoms with van der Waals surface area (Å²) in [6, 6.07) is 7.35. The molecule has 1 saturated heterocycles. The smallest absolute Gasteiger partial charge is 0.313 e. The van der Waals surface area contributed by atoms with E-state index in [0.29, 0.717) is 18.8 Å². The quantitative estimate of drug-likeness (QED) is 0.812. The number of piperidine rings is 1. The van der Waals surface area contributed by atoms with E-state index in [1.807, 2.05) is 25.1 Å². The number of carbonyl (C=O) groups is 2. The fourth-order valence-corrected chi connectivity index (χ4v) is 2.64. The van der Waals surface area contributed by atoms with Crippen LogP contribution in [-0.2, 0) is 9.59 Å². The lowest BCUT2D eigenvalue weighted by atomic mass is 9.92. The molecule has 0 aromatic heterocycles. The predicted molar refractivity (Wildman–Crippen MR) is 80.8 cm³/mol. The average Bonchev–Trinajstić information content (AvgIpc) is 2.46. The van der Waals surface area contributed by atoms with E-state index >= 15 is 0 Å². The Morgan fingerprint density at radius 2 is 2.00 bits per heavy atom. The summed E-state index contributed by atoms with van der Waals surface area (Å²) in [7, 11) is 0. The zero-order chi connectivity index (χ0) is 15.4. The molecule has 2 N–H and O–H groups in total. The SMILES string of the molecule is Cc1cccc(NC(=O)C(=O)N2CCC(C(C)O)CC2)c1. The van der Waals surface area contributed by atoms with Crippen molar-refractivity contribution in [2.45, 2.75) is 32.8 Å². The van der Waals surface area contributed by atoms with Crippen LogP contribution >= 0.6 is 0 Å². The van der Waals surface area contributed by atoms with Crippen LogP contribution < -0.4 is 5.32 Å². The first-order chi connectivity index (χ1) is 9.97. The van der Waals surface area contributed by atoms with E-state index in [1.165, 1.54) is 0 Å². The van der Waals surface area contributed by atoms with Crippen LogP contribution in [0.2, 0.25) is 0 Å². The Kier molecular flexibility index (Phi) is 4.96. The Balaban J connectivity index is 1.90. The molecule has 1 aromatic rings. The van der Waals surface area contributed by atoms with Crippen molar-refractivity contribution in [2.24, 2.45) is 5.92 Å². The molecule has 1 aromatic carbocycles. The molecule has 1 aliphatic rings. The van der Waals surface area contributed by atoms with Crippen LogP contribution in [-0.4, -0.2) is 41.0 Å². The first kappa shape index (κ1) is 15.5. The van der Waals surface area contributed by atoms with E-state index in [-0.39, 0.29) is 12.0 Å². The fourth-order valence-electron chi connectivity index (χ4n) is 2.64. The summed E-state index contributed by atoms with van der Waals surface area (Å²) in [5.74, 6) is -0.884. The van der Waals surface area contributed by atoms with E-state index in [4.69, 9.17) is 0 Å². The molecule has 0 radical (unpaired) electrons. The topological polar surface area (TPSA) is 69.6 Å². The standard InChI is InChI=1S/C16H22N2O3/c1-11-4-3-5-14(10-11)17-15(20)16(21)18-8-6-13(7-9-18)12(2)19/h3-5,10,12-13,19H,6-9H2,1-2H3,(H,17,20). The van der Waals surface area contributed by atoms with Gasteiger partial charge in [-0.15, -0.1) is 0 Å². The van der Waals surface area contributed by atoms with Crippen molar-refractivity contribution in [3.63, 3.8) is 0 Å². The number of nitrogens with one attached hydrogen (secondary N) is 1. The molecule has 1 unspecified atom stereocenters. The number of amides is 2. The van der Waals surface area contributed by atoms with Gasteiger partial charge in [-0.05, 0) is 50.3 Å². The van der Waals surface area contributed by atoms with Gasteiger partial charge < -0.3 is 15.3 Å². The summed E-state index contributed by atoms with van der Waals surface area (Å²) < 4.78 is 0. The maximum absolute atomic E-state index is 12.1. The summed E-state index contributed by atoms with van der Waals surface area (Å²) >= 11 is 0. The van der Waals surface area contributed by atoms with Gasteiger partial charge in [0.25, 0.3) is 0 Å². The summed E-state index contributed by atoms with van der Waals surface area (Å²) in [6.07, 6.45) is 1.12. The zero-order valence-electron chi connectivity index (χ0n) is 12.5. The van der Waals surface area contributed by atoms with Crippen molar-refractivity contribution in [3.05, 3.63) is 29.8 Å². The van der Waals surface area contributed by atoms with Crippen LogP contribution in [0.5, 0.6) is 0 Å². The molecule has 0 spiro atoms. The Hall–Kier alpha value is -1.88. The van der Waals surface area contributed by atoms with Gasteiger partial charge in [-0.1, -0.05) is 12.1 Å². The summed E-state index contributed by atoms with van der Waals surface area (Å²) in [5.41, 5.74) is 1.66. The number of carbonyl (C=O) groups excluding carboxylic acids is 2. The molecular formula is C16H22N2O3. The highest BCUT2D eigenvalue weighted by Crippen LogP contribution is 2.20. The lowest BCUT2D eigenvalue weighted by Gasteiger charge is -2.32. The molecule has 1 fully saturated rings. The third-order valence-electron chi connectivity index (χ3n) is 3.98. The van der Waals surface area contributed by atoms with E-state index in [9.17, 15) is 14.7 Å². The molecule has 1 atom stereocenters. The summed E-state index contributed by atoms with van der Waals surface area (Å²) in [4.78, 5) is 25.7. The molecule has 0 bridgehead atoms. The maximum atomic E-state index is 12.1. The van der Waals surface area contributed by atoms with Crippen LogP contribution in [0, 0.1) is 12.8 Å². The fraction of sp³-hybridized carbons (Fsp3) is 0.500. The first-order valence-electron chi connectivity index (χ1n) is 7.32. The second-order valence-electron chi connectivity index (χ2n) is 5.69. The average molecular weight is 290 g/mol. The van der Waals surface area contributed by atoms with Gasteiger partial charge in [0.05, 0.1) is 6.10 Å². The van der Waals surface area contributed by atoms with Gasteiger partial charge in [0.2, 0.25) is 0 Å². The largest absolute Gasteiger partial charge is 0.393 e. The van der Waals surface area contributed by atoms with Crippen LogP contribution in [0.4, 0.5) is 5.69 Å². The van der Waals surface area contributed by atoms with Crippen molar-refractivity contribution in [2.75, 3.05) is 18.4 Å². The van der Waals surface area contributed by atoms with Gasteiger partial charge >= 0.3 is 11.8 Å². The molecule has 2 rings (SSSR count). The van der Waals surface area contributed by atoms with Gasteiger partial charge in [-0.3, -0.25) is 9.59 Å². The number of likely N-dealkylation sites (tertiary alicyclic amines) is 1. The van der Waals surface area contributed by atoms with Gasteiger partial charge in [0.15, 0.2) is 0 Å². The normalized spacial score (nSPS) is 17.4. The number of nitrogens with zero attached hydrogens (tertiary/aromatic N) is 1. The number of benzene rings is 1. The predicted octanol–water partition coefficient (Wildman–Crippen LogP) is 1.55. The Morgan fingerprint density at radius 3 is 2.57 bits per heavy atom. The third kappa shape index (κ3) is 4.04. The van der Waals surface area contributed by atoms with Crippen molar-refractivity contribution in [1.82, 2.24) is 4.90 Å². The van der Waals surface area contributed by atoms with Crippen LogP contribution in [0.15, 0.2) is 24.3 Å². The van der Waals surface area contributed by atoms with Crippen molar-refractivity contribution >= 4 is 17.5 Å². The van der Waals surface area contributed by atoms with Gasteiger partial charge in [-0.2, -0.15) is 0 Å². The number of anilines is 1. The summed E-state index contributed by atoms with van der Waals surface area (Å²) in [5, 5.41) is 12.2. The number of rotatable bonds is 2. The van der Waals surface area contributed by atoms with Crippen molar-refractivity contribution in [3.8, 4) is 0 Å². The monoisotopic (exact) mass is 290 g/mol. The summed E-state index contributed by atoms with van der Waals surface area (Å²) in [6.45, 7) is 4.75. The maximum Gasteiger partial charge on any atom is 0.313 e. The second-order valence-corrected chi connectivity index (χ2v) is 5.69. The van der Waals surface area contributed by atoms with E-state index in [1.54, 1.807) is 17.9 Å². The van der Waals surface area contributed by atoms with E-state index < -0.39 is 11.8 Å². The first-order valence-corrected chi connectivity index (χ1v) is 7.32. The number of hydrogen-bond donors (Lipinski definition) is 2. The van der Waals surface area contributed by atoms with Crippen LogP contribution in [0.1, 0.15) is 25.3 Å². The molecule has 1 heterocycles. The lowest BCUT2D eigenvalue weighted by molar-refractivity contribution is -0.144. The van der Waals surface area contributed by atoms with Gasteiger partial charge in [-0.25, -0.2) is 0 Å². The second kappa shape index (κ2) is 6.72. The minimum atomic E-state index is -0.601.